The highest BCUT2D eigenvalue weighted by Crippen LogP contribution is 2.28. The summed E-state index contributed by atoms with van der Waals surface area (Å²) in [5, 5.41) is 37.5. The quantitative estimate of drug-likeness (QED) is 0.481. The molecule has 7 nitrogen and oxygen atoms in total. The molecule has 1 aromatic rings. The summed E-state index contributed by atoms with van der Waals surface area (Å²) < 4.78 is 0. The minimum Gasteiger partial charge on any atom is -0.396 e. The van der Waals surface area contributed by atoms with Crippen molar-refractivity contribution in [3.8, 4) is 0 Å². The topological polar surface area (TPSA) is 117 Å². The Morgan fingerprint density at radius 1 is 1.60 bits per heavy atom. The summed E-state index contributed by atoms with van der Waals surface area (Å²) in [6.07, 6.45) is -1.44. The van der Waals surface area contributed by atoms with Crippen molar-refractivity contribution in [2.75, 3.05) is 6.61 Å². The number of nitrogens with zero attached hydrogens (tertiary/aromatic N) is 2. The van der Waals surface area contributed by atoms with Crippen LogP contribution in [0.25, 0.3) is 0 Å². The summed E-state index contributed by atoms with van der Waals surface area (Å²) in [6, 6.07) is 0. The third kappa shape index (κ3) is 2.93. The van der Waals surface area contributed by atoms with Gasteiger partial charge in [0.25, 0.3) is 0 Å². The number of aromatic nitrogens is 1. The summed E-state index contributed by atoms with van der Waals surface area (Å²) in [7, 11) is 0. The molecule has 2 atom stereocenters. The van der Waals surface area contributed by atoms with E-state index in [1.165, 1.54) is 0 Å². The monoisotopic (exact) mass is 234 g/mol. The smallest absolute Gasteiger partial charge is 0.344 e. The Balaban J connectivity index is 2.73. The van der Waals surface area contributed by atoms with Gasteiger partial charge in [0, 0.05) is 6.61 Å². The second-order valence-corrected chi connectivity index (χ2v) is 3.86. The van der Waals surface area contributed by atoms with Gasteiger partial charge in [-0.05, 0) is 17.8 Å². The van der Waals surface area contributed by atoms with E-state index in [2.05, 4.69) is 4.98 Å². The lowest BCUT2D eigenvalue weighted by atomic mass is 10.1. The second-order valence-electron chi connectivity index (χ2n) is 2.82. The zero-order valence-corrected chi connectivity index (χ0v) is 8.42. The Bertz CT molecular complexity index is 342. The summed E-state index contributed by atoms with van der Waals surface area (Å²) >= 11 is 0.701. The third-order valence-electron chi connectivity index (χ3n) is 1.73. The molecule has 1 heterocycles. The van der Waals surface area contributed by atoms with E-state index in [0.29, 0.717) is 11.3 Å². The molecular formula is C7H10N2O5S. The van der Waals surface area contributed by atoms with Gasteiger partial charge in [0.15, 0.2) is 0 Å². The molecule has 1 aromatic heterocycles. The molecule has 0 saturated heterocycles. The van der Waals surface area contributed by atoms with Crippen LogP contribution in [0.1, 0.15) is 17.5 Å². The van der Waals surface area contributed by atoms with Crippen LogP contribution in [-0.2, 0) is 0 Å². The maximum atomic E-state index is 10.3. The minimum absolute atomic E-state index is 0.00541. The first-order valence-electron chi connectivity index (χ1n) is 4.13. The van der Waals surface area contributed by atoms with Gasteiger partial charge in [0.05, 0.1) is 11.0 Å². The number of hydrogen-bond donors (Lipinski definition) is 3. The van der Waals surface area contributed by atoms with Gasteiger partial charge in [-0.2, -0.15) is 0 Å². The normalized spacial score (nSPS) is 14.9. The van der Waals surface area contributed by atoms with Crippen molar-refractivity contribution in [3.63, 3.8) is 0 Å². The molecular weight excluding hydrogens is 224 g/mol. The van der Waals surface area contributed by atoms with E-state index >= 15 is 0 Å². The molecule has 0 radical (unpaired) electrons. The average molecular weight is 234 g/mol. The van der Waals surface area contributed by atoms with Crippen LogP contribution in [0.3, 0.4) is 0 Å². The van der Waals surface area contributed by atoms with E-state index in [0.717, 1.165) is 6.20 Å². The highest BCUT2D eigenvalue weighted by molar-refractivity contribution is 7.14. The van der Waals surface area contributed by atoms with Crippen molar-refractivity contribution in [2.24, 2.45) is 0 Å². The number of rotatable bonds is 5. The lowest BCUT2D eigenvalue weighted by Gasteiger charge is -2.13. The Labute approximate surface area is 88.8 Å². The van der Waals surface area contributed by atoms with Crippen molar-refractivity contribution in [1.29, 1.82) is 0 Å². The predicted molar refractivity (Wildman–Crippen MR) is 51.4 cm³/mol. The van der Waals surface area contributed by atoms with Crippen molar-refractivity contribution < 1.29 is 20.2 Å². The van der Waals surface area contributed by atoms with Crippen LogP contribution in [0.2, 0.25) is 0 Å². The van der Waals surface area contributed by atoms with E-state index in [-0.39, 0.29) is 23.0 Å². The first-order chi connectivity index (χ1) is 7.06. The van der Waals surface area contributed by atoms with Gasteiger partial charge >= 0.3 is 5.00 Å². The van der Waals surface area contributed by atoms with Gasteiger partial charge in [-0.25, -0.2) is 4.98 Å². The molecule has 2 unspecified atom stereocenters. The van der Waals surface area contributed by atoms with E-state index < -0.39 is 17.1 Å². The summed E-state index contributed by atoms with van der Waals surface area (Å²) in [5.41, 5.74) is 0. The molecule has 1 rings (SSSR count). The fourth-order valence-electron chi connectivity index (χ4n) is 0.955. The first-order valence-corrected chi connectivity index (χ1v) is 4.95. The van der Waals surface area contributed by atoms with E-state index in [1.54, 1.807) is 0 Å². The Kier molecular flexibility index (Phi) is 4.09. The van der Waals surface area contributed by atoms with Gasteiger partial charge in [0.2, 0.25) is 0 Å². The largest absolute Gasteiger partial charge is 0.396 e. The molecule has 0 aromatic carbocycles. The summed E-state index contributed by atoms with van der Waals surface area (Å²) in [6.45, 7) is -0.272. The van der Waals surface area contributed by atoms with E-state index in [4.69, 9.17) is 5.11 Å². The van der Waals surface area contributed by atoms with E-state index in [9.17, 15) is 20.3 Å². The van der Waals surface area contributed by atoms with Crippen molar-refractivity contribution in [1.82, 2.24) is 4.98 Å². The standard InChI is InChI=1S/C7H10N2O5S/c10-2-1-4(11)6(12)7-8-3-5(15-7)9(13)14/h3-4,6,10-12H,1-2H2. The maximum Gasteiger partial charge on any atom is 0.344 e. The number of nitro groups is 1. The first kappa shape index (κ1) is 12.0. The molecule has 0 aliphatic rings. The van der Waals surface area contributed by atoms with Crippen molar-refractivity contribution in [2.45, 2.75) is 18.6 Å². The number of aliphatic hydroxyl groups excluding tert-OH is 3. The summed E-state index contributed by atoms with van der Waals surface area (Å²) in [5.74, 6) is 0. The molecule has 15 heavy (non-hydrogen) atoms. The molecule has 0 aliphatic heterocycles. The van der Waals surface area contributed by atoms with Crippen LogP contribution >= 0.6 is 11.3 Å². The fraction of sp³-hybridized carbons (Fsp3) is 0.571. The van der Waals surface area contributed by atoms with Gasteiger partial charge in [0.1, 0.15) is 17.3 Å². The number of thiazole rings is 1. The molecule has 8 heteroatoms. The third-order valence-corrected chi connectivity index (χ3v) is 2.75. The van der Waals surface area contributed by atoms with Crippen LogP contribution < -0.4 is 0 Å². The fourth-order valence-corrected chi connectivity index (χ4v) is 1.73. The van der Waals surface area contributed by atoms with Crippen LogP contribution in [0.15, 0.2) is 6.20 Å². The predicted octanol–water partition coefficient (Wildman–Crippen LogP) is -0.172. The van der Waals surface area contributed by atoms with Crippen LogP contribution in [0, 0.1) is 10.1 Å². The van der Waals surface area contributed by atoms with Gasteiger partial charge in [-0.3, -0.25) is 10.1 Å². The van der Waals surface area contributed by atoms with E-state index in [1.807, 2.05) is 0 Å². The zero-order chi connectivity index (χ0) is 11.4. The molecule has 0 saturated carbocycles. The molecule has 0 fully saturated rings. The van der Waals surface area contributed by atoms with Crippen LogP contribution in [-0.4, -0.2) is 37.9 Å². The Morgan fingerprint density at radius 2 is 2.27 bits per heavy atom. The molecule has 0 aliphatic carbocycles. The highest BCUT2D eigenvalue weighted by Gasteiger charge is 2.23. The van der Waals surface area contributed by atoms with Crippen LogP contribution in [0.4, 0.5) is 5.00 Å². The molecule has 3 N–H and O–H groups in total. The average Bonchev–Trinajstić information content (AvgIpc) is 2.65. The Morgan fingerprint density at radius 3 is 2.73 bits per heavy atom. The maximum absolute atomic E-state index is 10.3. The van der Waals surface area contributed by atoms with Crippen molar-refractivity contribution in [3.05, 3.63) is 21.3 Å². The minimum atomic E-state index is -1.30. The Hall–Kier alpha value is -1.09. The van der Waals surface area contributed by atoms with Gasteiger partial charge in [-0.1, -0.05) is 0 Å². The SMILES string of the molecule is O=[N+]([O-])c1cnc(C(O)C(O)CCO)s1. The van der Waals surface area contributed by atoms with Gasteiger partial charge < -0.3 is 15.3 Å². The molecule has 0 amide bonds. The lowest BCUT2D eigenvalue weighted by Crippen LogP contribution is -2.19. The second kappa shape index (κ2) is 5.12. The highest BCUT2D eigenvalue weighted by atomic mass is 32.1. The number of aliphatic hydroxyl groups is 3. The van der Waals surface area contributed by atoms with Crippen molar-refractivity contribution >= 4 is 16.3 Å². The zero-order valence-electron chi connectivity index (χ0n) is 7.61. The molecule has 0 bridgehead atoms. The van der Waals surface area contributed by atoms with Crippen LogP contribution in [0.5, 0.6) is 0 Å². The molecule has 84 valence electrons. The molecule has 0 spiro atoms. The lowest BCUT2D eigenvalue weighted by molar-refractivity contribution is -0.380. The van der Waals surface area contributed by atoms with Gasteiger partial charge in [-0.15, -0.1) is 0 Å². The number of hydrogen-bond acceptors (Lipinski definition) is 7. The summed E-state index contributed by atoms with van der Waals surface area (Å²) in [4.78, 5) is 13.3.